The van der Waals surface area contributed by atoms with Crippen LogP contribution in [0.15, 0.2) is 18.2 Å². The minimum atomic E-state index is -1.00. The number of pyridine rings is 1. The number of ether oxygens (including phenoxy) is 1. The number of carbonyl (C=O) groups excluding carboxylic acids is 1. The fourth-order valence-electron chi connectivity index (χ4n) is 1.60. The number of nitrogens with zero attached hydrogens (tertiary/aromatic N) is 1. The van der Waals surface area contributed by atoms with Crippen molar-refractivity contribution >= 4 is 12.0 Å². The maximum Gasteiger partial charge on any atom is 0.330 e. The summed E-state index contributed by atoms with van der Waals surface area (Å²) in [5.41, 5.74) is 1.13. The van der Waals surface area contributed by atoms with Crippen LogP contribution in [0.1, 0.15) is 37.7 Å². The Bertz CT molecular complexity index is 459. The van der Waals surface area contributed by atoms with Crippen molar-refractivity contribution in [3.05, 3.63) is 35.2 Å². The molecule has 0 aliphatic rings. The molecule has 1 aromatic heterocycles. The van der Waals surface area contributed by atoms with E-state index in [1.165, 1.54) is 6.08 Å². The van der Waals surface area contributed by atoms with Gasteiger partial charge in [0.25, 0.3) is 0 Å². The Balaban J connectivity index is 2.96. The Hall–Kier alpha value is -1.68. The second-order valence-corrected chi connectivity index (χ2v) is 4.55. The van der Waals surface area contributed by atoms with Gasteiger partial charge in [0, 0.05) is 6.08 Å². The molecule has 0 saturated carbocycles. The predicted octanol–water partition coefficient (Wildman–Crippen LogP) is 2.19. The summed E-state index contributed by atoms with van der Waals surface area (Å²) >= 11 is 0. The molecule has 18 heavy (non-hydrogen) atoms. The zero-order chi connectivity index (χ0) is 13.8. The van der Waals surface area contributed by atoms with E-state index in [9.17, 15) is 9.90 Å². The second kappa shape index (κ2) is 5.78. The lowest BCUT2D eigenvalue weighted by atomic mass is 10.00. The van der Waals surface area contributed by atoms with E-state index in [2.05, 4.69) is 4.98 Å². The number of aromatic nitrogens is 1. The lowest BCUT2D eigenvalue weighted by Gasteiger charge is -2.19. The van der Waals surface area contributed by atoms with Gasteiger partial charge in [-0.2, -0.15) is 0 Å². The number of aliphatic hydroxyl groups is 1. The van der Waals surface area contributed by atoms with Crippen molar-refractivity contribution < 1.29 is 14.6 Å². The summed E-state index contributed by atoms with van der Waals surface area (Å²) in [7, 11) is 0. The topological polar surface area (TPSA) is 59.4 Å². The number of hydrogen-bond acceptors (Lipinski definition) is 4. The number of hydrogen-bond donors (Lipinski definition) is 1. The summed E-state index contributed by atoms with van der Waals surface area (Å²) in [6, 6.07) is 3.66. The van der Waals surface area contributed by atoms with Crippen LogP contribution in [0.5, 0.6) is 0 Å². The highest BCUT2D eigenvalue weighted by atomic mass is 16.5. The highest BCUT2D eigenvalue weighted by Gasteiger charge is 2.20. The van der Waals surface area contributed by atoms with Crippen molar-refractivity contribution in [2.75, 3.05) is 6.61 Å². The second-order valence-electron chi connectivity index (χ2n) is 4.55. The average molecular weight is 249 g/mol. The van der Waals surface area contributed by atoms with Crippen LogP contribution < -0.4 is 0 Å². The standard InChI is InChI=1S/C14H19NO3/c1-5-18-12(16)9-8-11-7-6-10(2)13(15-11)14(3,4)17/h6-9,17H,5H2,1-4H3. The summed E-state index contributed by atoms with van der Waals surface area (Å²) in [4.78, 5) is 15.5. The van der Waals surface area contributed by atoms with Gasteiger partial charge in [-0.1, -0.05) is 6.07 Å². The van der Waals surface area contributed by atoms with Crippen LogP contribution in [0.2, 0.25) is 0 Å². The van der Waals surface area contributed by atoms with Crippen molar-refractivity contribution in [1.29, 1.82) is 0 Å². The zero-order valence-corrected chi connectivity index (χ0v) is 11.2. The van der Waals surface area contributed by atoms with E-state index in [1.807, 2.05) is 13.0 Å². The Kier molecular flexibility index (Phi) is 4.62. The molecular weight excluding hydrogens is 230 g/mol. The molecule has 0 spiro atoms. The van der Waals surface area contributed by atoms with Crippen molar-refractivity contribution in [3.63, 3.8) is 0 Å². The van der Waals surface area contributed by atoms with E-state index in [0.29, 0.717) is 18.0 Å². The highest BCUT2D eigenvalue weighted by molar-refractivity contribution is 5.86. The first-order chi connectivity index (χ1) is 8.34. The number of rotatable bonds is 4. The van der Waals surface area contributed by atoms with Crippen molar-refractivity contribution in [2.45, 2.75) is 33.3 Å². The largest absolute Gasteiger partial charge is 0.463 e. The van der Waals surface area contributed by atoms with Crippen LogP contribution in [0.4, 0.5) is 0 Å². The molecule has 0 atom stereocenters. The normalized spacial score (nSPS) is 11.8. The summed E-state index contributed by atoms with van der Waals surface area (Å²) in [6.45, 7) is 7.35. The molecule has 1 aromatic rings. The van der Waals surface area contributed by atoms with Crippen LogP contribution in [0.25, 0.3) is 6.08 Å². The Morgan fingerprint density at radius 3 is 2.72 bits per heavy atom. The Labute approximate surface area is 107 Å². The average Bonchev–Trinajstić information content (AvgIpc) is 2.27. The molecule has 0 bridgehead atoms. The Morgan fingerprint density at radius 2 is 2.17 bits per heavy atom. The van der Waals surface area contributed by atoms with Crippen molar-refractivity contribution in [3.8, 4) is 0 Å². The lowest BCUT2D eigenvalue weighted by molar-refractivity contribution is -0.137. The Morgan fingerprint density at radius 1 is 1.50 bits per heavy atom. The third kappa shape index (κ3) is 3.96. The van der Waals surface area contributed by atoms with Gasteiger partial charge in [-0.15, -0.1) is 0 Å². The van der Waals surface area contributed by atoms with Gasteiger partial charge in [-0.3, -0.25) is 4.98 Å². The van der Waals surface area contributed by atoms with Gasteiger partial charge >= 0.3 is 5.97 Å². The number of esters is 1. The molecule has 0 fully saturated rings. The fraction of sp³-hybridized carbons (Fsp3) is 0.429. The van der Waals surface area contributed by atoms with Gasteiger partial charge < -0.3 is 9.84 Å². The molecule has 0 radical (unpaired) electrons. The summed E-state index contributed by atoms with van der Waals surface area (Å²) in [5.74, 6) is -0.398. The number of carbonyl (C=O) groups is 1. The summed E-state index contributed by atoms with van der Waals surface area (Å²) in [5, 5.41) is 9.98. The molecule has 0 aromatic carbocycles. The lowest BCUT2D eigenvalue weighted by Crippen LogP contribution is -2.19. The van der Waals surface area contributed by atoms with E-state index in [4.69, 9.17) is 4.74 Å². The van der Waals surface area contributed by atoms with E-state index >= 15 is 0 Å². The summed E-state index contributed by atoms with van der Waals surface area (Å²) < 4.78 is 4.78. The number of aryl methyl sites for hydroxylation is 1. The van der Waals surface area contributed by atoms with Crippen molar-refractivity contribution in [2.24, 2.45) is 0 Å². The maximum atomic E-state index is 11.2. The van der Waals surface area contributed by atoms with E-state index < -0.39 is 11.6 Å². The molecule has 1 rings (SSSR count). The van der Waals surface area contributed by atoms with Crippen LogP contribution in [-0.2, 0) is 15.1 Å². The molecular formula is C14H19NO3. The molecule has 0 aliphatic heterocycles. The quantitative estimate of drug-likeness (QED) is 0.656. The molecule has 0 unspecified atom stereocenters. The first-order valence-corrected chi connectivity index (χ1v) is 5.90. The first-order valence-electron chi connectivity index (χ1n) is 5.90. The van der Waals surface area contributed by atoms with Crippen LogP contribution in [0.3, 0.4) is 0 Å². The van der Waals surface area contributed by atoms with Crippen molar-refractivity contribution in [1.82, 2.24) is 4.98 Å². The molecule has 98 valence electrons. The highest BCUT2D eigenvalue weighted by Crippen LogP contribution is 2.21. The third-order valence-electron chi connectivity index (χ3n) is 2.37. The van der Waals surface area contributed by atoms with Gasteiger partial charge in [0.2, 0.25) is 0 Å². The van der Waals surface area contributed by atoms with Crippen LogP contribution in [0, 0.1) is 6.92 Å². The molecule has 1 N–H and O–H groups in total. The minimum absolute atomic E-state index is 0.347. The zero-order valence-electron chi connectivity index (χ0n) is 11.2. The first kappa shape index (κ1) is 14.4. The van der Waals surface area contributed by atoms with Gasteiger partial charge in [-0.05, 0) is 45.4 Å². The van der Waals surface area contributed by atoms with Gasteiger partial charge in [0.1, 0.15) is 5.60 Å². The molecule has 0 amide bonds. The molecule has 4 heteroatoms. The minimum Gasteiger partial charge on any atom is -0.463 e. The molecule has 1 heterocycles. The van der Waals surface area contributed by atoms with Gasteiger partial charge in [-0.25, -0.2) is 4.79 Å². The smallest absolute Gasteiger partial charge is 0.330 e. The van der Waals surface area contributed by atoms with E-state index in [0.717, 1.165) is 5.56 Å². The van der Waals surface area contributed by atoms with E-state index in [-0.39, 0.29) is 0 Å². The molecule has 0 saturated heterocycles. The monoisotopic (exact) mass is 249 g/mol. The third-order valence-corrected chi connectivity index (χ3v) is 2.37. The van der Waals surface area contributed by atoms with Gasteiger partial charge in [0.05, 0.1) is 18.0 Å². The SMILES string of the molecule is CCOC(=O)C=Cc1ccc(C)c(C(C)(C)O)n1. The van der Waals surface area contributed by atoms with Crippen LogP contribution in [-0.4, -0.2) is 22.7 Å². The maximum absolute atomic E-state index is 11.2. The fourth-order valence-corrected chi connectivity index (χ4v) is 1.60. The summed E-state index contributed by atoms with van der Waals surface area (Å²) in [6.07, 6.45) is 2.90. The predicted molar refractivity (Wildman–Crippen MR) is 69.9 cm³/mol. The molecule has 0 aliphatic carbocycles. The van der Waals surface area contributed by atoms with E-state index in [1.54, 1.807) is 32.9 Å². The van der Waals surface area contributed by atoms with Gasteiger partial charge in [0.15, 0.2) is 0 Å². The van der Waals surface area contributed by atoms with Crippen LogP contribution >= 0.6 is 0 Å². The molecule has 4 nitrogen and oxygen atoms in total.